The molecule has 0 spiro atoms. The van der Waals surface area contributed by atoms with Crippen LogP contribution in [0.3, 0.4) is 0 Å². The van der Waals surface area contributed by atoms with Crippen LogP contribution in [0.2, 0.25) is 0 Å². The largest absolute Gasteiger partial charge is 0.462 e. The molecule has 5 rings (SSSR count). The van der Waals surface area contributed by atoms with Gasteiger partial charge in [0.25, 0.3) is 0 Å². The number of hydrogen-bond acceptors (Lipinski definition) is 7. The van der Waals surface area contributed by atoms with Gasteiger partial charge in [-0.15, -0.1) is 11.8 Å². The lowest BCUT2D eigenvalue weighted by atomic mass is 9.96. The molecule has 1 amide bonds. The van der Waals surface area contributed by atoms with Crippen LogP contribution in [0.25, 0.3) is 16.9 Å². The molecule has 1 aliphatic heterocycles. The second kappa shape index (κ2) is 10.7. The minimum absolute atomic E-state index is 0.0540. The van der Waals surface area contributed by atoms with E-state index in [1.54, 1.807) is 54.1 Å². The summed E-state index contributed by atoms with van der Waals surface area (Å²) in [4.78, 5) is 40.0. The molecule has 0 fully saturated rings. The molecule has 1 aromatic heterocycles. The molecule has 0 bridgehead atoms. The highest BCUT2D eigenvalue weighted by atomic mass is 32.2. The minimum atomic E-state index is -1.59. The lowest BCUT2D eigenvalue weighted by Crippen LogP contribution is -2.29. The molecular weight excluding hydrogens is 500 g/mol. The lowest BCUT2D eigenvalue weighted by Gasteiger charge is -2.19. The van der Waals surface area contributed by atoms with Gasteiger partial charge in [-0.3, -0.25) is 9.59 Å². The van der Waals surface area contributed by atoms with Gasteiger partial charge in [0.15, 0.2) is 5.92 Å². The number of nitriles is 1. The van der Waals surface area contributed by atoms with Crippen molar-refractivity contribution in [1.29, 1.82) is 5.26 Å². The number of ketones is 1. The standard InChI is InChI=1S/C29H22N4O4S/c1-2-37-29(36)18-13-14-24-21(15-18)26-23(17-38-24)25(32-33(26)20-11-7-4-8-12-20)27(34)22(16-30)28(35)31-19-9-5-3-6-10-19/h3-15,22H,2,17H2,1H3,(H,31,35). The number of benzene rings is 3. The Morgan fingerprint density at radius 2 is 1.79 bits per heavy atom. The minimum Gasteiger partial charge on any atom is -0.462 e. The van der Waals surface area contributed by atoms with Gasteiger partial charge in [-0.05, 0) is 49.4 Å². The van der Waals surface area contributed by atoms with Crippen LogP contribution >= 0.6 is 11.8 Å². The number of nitrogens with one attached hydrogen (secondary N) is 1. The number of fused-ring (bicyclic) bond motifs is 3. The quantitative estimate of drug-likeness (QED) is 0.199. The maximum atomic E-state index is 13.7. The summed E-state index contributed by atoms with van der Waals surface area (Å²) in [6.07, 6.45) is 0. The molecule has 0 saturated heterocycles. The Morgan fingerprint density at radius 1 is 1.08 bits per heavy atom. The average Bonchev–Trinajstić information content (AvgIpc) is 3.34. The predicted octanol–water partition coefficient (Wildman–Crippen LogP) is 5.28. The molecule has 1 N–H and O–H groups in total. The zero-order chi connectivity index (χ0) is 26.6. The van der Waals surface area contributed by atoms with Crippen LogP contribution in [-0.4, -0.2) is 34.0 Å². The first kappa shape index (κ1) is 25.0. The Hall–Kier alpha value is -4.68. The third-order valence-electron chi connectivity index (χ3n) is 6.03. The zero-order valence-electron chi connectivity index (χ0n) is 20.4. The van der Waals surface area contributed by atoms with Gasteiger partial charge in [0, 0.05) is 27.5 Å². The van der Waals surface area contributed by atoms with Crippen molar-refractivity contribution in [2.75, 3.05) is 11.9 Å². The predicted molar refractivity (Wildman–Crippen MR) is 143 cm³/mol. The number of Topliss-reactive ketones (excluding diaryl/α,β-unsaturated/α-hetero) is 1. The van der Waals surface area contributed by atoms with Gasteiger partial charge in [0.1, 0.15) is 5.69 Å². The number of para-hydroxylation sites is 2. The summed E-state index contributed by atoms with van der Waals surface area (Å²) < 4.78 is 6.82. The number of ether oxygens (including phenoxy) is 1. The monoisotopic (exact) mass is 522 g/mol. The second-order valence-corrected chi connectivity index (χ2v) is 9.44. The topological polar surface area (TPSA) is 114 Å². The highest BCUT2D eigenvalue weighted by Gasteiger charge is 2.36. The normalized spacial score (nSPS) is 12.4. The highest BCUT2D eigenvalue weighted by Crippen LogP contribution is 2.44. The average molecular weight is 523 g/mol. The number of amides is 1. The molecule has 4 aromatic rings. The third kappa shape index (κ3) is 4.69. The van der Waals surface area contributed by atoms with E-state index in [0.29, 0.717) is 33.9 Å². The van der Waals surface area contributed by atoms with Gasteiger partial charge < -0.3 is 10.1 Å². The van der Waals surface area contributed by atoms with Crippen LogP contribution in [0.1, 0.15) is 33.3 Å². The number of nitrogens with zero attached hydrogens (tertiary/aromatic N) is 3. The summed E-state index contributed by atoms with van der Waals surface area (Å²) in [5.74, 6) is -3.03. The van der Waals surface area contributed by atoms with E-state index in [4.69, 9.17) is 4.74 Å². The molecule has 188 valence electrons. The molecule has 0 saturated carbocycles. The molecule has 3 aromatic carbocycles. The first-order valence-corrected chi connectivity index (χ1v) is 12.9. The van der Waals surface area contributed by atoms with E-state index in [1.807, 2.05) is 42.5 Å². The fraction of sp³-hybridized carbons (Fsp3) is 0.138. The maximum Gasteiger partial charge on any atom is 0.338 e. The summed E-state index contributed by atoms with van der Waals surface area (Å²) in [7, 11) is 0. The number of aromatic nitrogens is 2. The van der Waals surface area contributed by atoms with Crippen LogP contribution in [0.5, 0.6) is 0 Å². The maximum absolute atomic E-state index is 13.7. The van der Waals surface area contributed by atoms with Gasteiger partial charge in [-0.1, -0.05) is 36.4 Å². The van der Waals surface area contributed by atoms with Crippen molar-refractivity contribution in [1.82, 2.24) is 9.78 Å². The number of anilines is 1. The van der Waals surface area contributed by atoms with Crippen LogP contribution in [0.4, 0.5) is 5.69 Å². The van der Waals surface area contributed by atoms with Crippen molar-refractivity contribution < 1.29 is 19.1 Å². The highest BCUT2D eigenvalue weighted by molar-refractivity contribution is 7.98. The molecule has 0 radical (unpaired) electrons. The SMILES string of the molecule is CCOC(=O)c1ccc2c(c1)-c1c(c(C(=O)C(C#N)C(=O)Nc3ccccc3)nn1-c1ccccc1)CS2. The van der Waals surface area contributed by atoms with Crippen molar-refractivity contribution in [3.63, 3.8) is 0 Å². The first-order chi connectivity index (χ1) is 18.5. The van der Waals surface area contributed by atoms with Crippen LogP contribution in [0, 0.1) is 17.2 Å². The van der Waals surface area contributed by atoms with Crippen molar-refractivity contribution in [2.24, 2.45) is 5.92 Å². The summed E-state index contributed by atoms with van der Waals surface area (Å²) in [5.41, 5.74) is 3.58. The third-order valence-corrected chi connectivity index (χ3v) is 7.13. The van der Waals surface area contributed by atoms with E-state index in [9.17, 15) is 19.6 Å². The summed E-state index contributed by atoms with van der Waals surface area (Å²) >= 11 is 1.49. The van der Waals surface area contributed by atoms with E-state index in [1.165, 1.54) is 11.8 Å². The number of rotatable bonds is 7. The van der Waals surface area contributed by atoms with E-state index in [0.717, 1.165) is 10.5 Å². The van der Waals surface area contributed by atoms with Crippen LogP contribution in [-0.2, 0) is 15.3 Å². The number of hydrogen-bond donors (Lipinski definition) is 1. The Morgan fingerprint density at radius 3 is 2.47 bits per heavy atom. The van der Waals surface area contributed by atoms with Gasteiger partial charge in [0.05, 0.1) is 29.6 Å². The van der Waals surface area contributed by atoms with Gasteiger partial charge in [-0.2, -0.15) is 10.4 Å². The summed E-state index contributed by atoms with van der Waals surface area (Å²) in [6.45, 7) is 1.99. The number of carbonyl (C=O) groups excluding carboxylic acids is 3. The fourth-order valence-electron chi connectivity index (χ4n) is 4.26. The van der Waals surface area contributed by atoms with Crippen molar-refractivity contribution >= 4 is 35.1 Å². The fourth-order valence-corrected chi connectivity index (χ4v) is 5.31. The van der Waals surface area contributed by atoms with E-state index in [2.05, 4.69) is 10.4 Å². The Bertz CT molecular complexity index is 1580. The van der Waals surface area contributed by atoms with E-state index < -0.39 is 23.6 Å². The van der Waals surface area contributed by atoms with Crippen molar-refractivity contribution in [3.05, 3.63) is 95.7 Å². The molecular formula is C29H22N4O4S. The summed E-state index contributed by atoms with van der Waals surface area (Å²) in [6, 6.07) is 25.1. The second-order valence-electron chi connectivity index (χ2n) is 8.42. The smallest absolute Gasteiger partial charge is 0.338 e. The molecule has 8 nitrogen and oxygen atoms in total. The van der Waals surface area contributed by atoms with Crippen LogP contribution < -0.4 is 5.32 Å². The summed E-state index contributed by atoms with van der Waals surface area (Å²) in [5, 5.41) is 17.1. The Labute approximate surface area is 223 Å². The lowest BCUT2D eigenvalue weighted by molar-refractivity contribution is -0.117. The zero-order valence-corrected chi connectivity index (χ0v) is 21.2. The Balaban J connectivity index is 1.61. The molecule has 1 atom stereocenters. The van der Waals surface area contributed by atoms with Gasteiger partial charge in [0.2, 0.25) is 11.7 Å². The van der Waals surface area contributed by atoms with Crippen molar-refractivity contribution in [2.45, 2.75) is 17.6 Å². The molecule has 1 aliphatic rings. The van der Waals surface area contributed by atoms with Gasteiger partial charge in [-0.25, -0.2) is 9.48 Å². The Kier molecular flexibility index (Phi) is 7.07. The molecule has 0 aliphatic carbocycles. The molecule has 38 heavy (non-hydrogen) atoms. The molecule has 1 unspecified atom stereocenters. The first-order valence-electron chi connectivity index (χ1n) is 11.9. The van der Waals surface area contributed by atoms with Crippen LogP contribution in [0.15, 0.2) is 83.8 Å². The van der Waals surface area contributed by atoms with E-state index >= 15 is 0 Å². The number of carbonyl (C=O) groups is 3. The van der Waals surface area contributed by atoms with E-state index in [-0.39, 0.29) is 12.3 Å². The molecule has 2 heterocycles. The van der Waals surface area contributed by atoms with Gasteiger partial charge >= 0.3 is 5.97 Å². The number of esters is 1. The van der Waals surface area contributed by atoms with Crippen molar-refractivity contribution in [3.8, 4) is 23.0 Å². The molecule has 9 heteroatoms. The number of thioether (sulfide) groups is 1.